The number of ether oxygens (including phenoxy) is 2. The fraction of sp³-hybridized carbons (Fsp3) is 0.130. The van der Waals surface area contributed by atoms with E-state index in [2.05, 4.69) is 0 Å². The van der Waals surface area contributed by atoms with Crippen LogP contribution >= 0.6 is 11.8 Å². The molecule has 6 nitrogen and oxygen atoms in total. The van der Waals surface area contributed by atoms with Gasteiger partial charge in [-0.3, -0.25) is 9.59 Å². The maximum atomic E-state index is 13.4. The predicted octanol–water partition coefficient (Wildman–Crippen LogP) is 4.27. The Morgan fingerprint density at radius 2 is 1.67 bits per heavy atom. The molecule has 30 heavy (non-hydrogen) atoms. The van der Waals surface area contributed by atoms with E-state index in [0.717, 1.165) is 5.76 Å². The predicted molar refractivity (Wildman–Crippen MR) is 113 cm³/mol. The first-order chi connectivity index (χ1) is 14.7. The van der Waals surface area contributed by atoms with Gasteiger partial charge in [-0.1, -0.05) is 30.3 Å². The van der Waals surface area contributed by atoms with Crippen LogP contribution in [0.1, 0.15) is 11.3 Å². The number of carbonyl (C=O) groups excluding carboxylic acids is 2. The zero-order valence-corrected chi connectivity index (χ0v) is 16.7. The van der Waals surface area contributed by atoms with Gasteiger partial charge in [-0.25, -0.2) is 4.90 Å². The van der Waals surface area contributed by atoms with Crippen LogP contribution in [0.2, 0.25) is 0 Å². The van der Waals surface area contributed by atoms with E-state index >= 15 is 0 Å². The summed E-state index contributed by atoms with van der Waals surface area (Å²) in [7, 11) is 0. The topological polar surface area (TPSA) is 69.0 Å². The van der Waals surface area contributed by atoms with E-state index in [1.165, 1.54) is 16.7 Å². The number of benzene rings is 2. The summed E-state index contributed by atoms with van der Waals surface area (Å²) in [5.74, 6) is 1.60. The molecule has 0 atom stereocenters. The highest BCUT2D eigenvalue weighted by atomic mass is 32.2. The van der Waals surface area contributed by atoms with Gasteiger partial charge in [-0.15, -0.1) is 11.8 Å². The van der Waals surface area contributed by atoms with Crippen molar-refractivity contribution >= 4 is 34.8 Å². The Morgan fingerprint density at radius 1 is 0.867 bits per heavy atom. The van der Waals surface area contributed by atoms with Crippen molar-refractivity contribution in [1.82, 2.24) is 0 Å². The molecule has 0 saturated heterocycles. The van der Waals surface area contributed by atoms with E-state index in [4.69, 9.17) is 13.9 Å². The smallest absolute Gasteiger partial charge is 0.272 e. The van der Waals surface area contributed by atoms with Crippen molar-refractivity contribution in [2.24, 2.45) is 0 Å². The summed E-state index contributed by atoms with van der Waals surface area (Å²) >= 11 is 1.30. The van der Waals surface area contributed by atoms with Crippen LogP contribution < -0.4 is 14.4 Å². The molecule has 2 amide bonds. The molecule has 7 heteroatoms. The summed E-state index contributed by atoms with van der Waals surface area (Å²) < 4.78 is 16.6. The lowest BCUT2D eigenvalue weighted by Crippen LogP contribution is -2.31. The molecular formula is C23H17NO5S. The third-order valence-electron chi connectivity index (χ3n) is 4.83. The number of hydrogen-bond donors (Lipinski definition) is 0. The second kappa shape index (κ2) is 7.76. The Morgan fingerprint density at radius 3 is 2.43 bits per heavy atom. The Balaban J connectivity index is 1.53. The maximum Gasteiger partial charge on any atom is 0.272 e. The van der Waals surface area contributed by atoms with Crippen molar-refractivity contribution < 1.29 is 23.5 Å². The van der Waals surface area contributed by atoms with Crippen molar-refractivity contribution in [2.75, 3.05) is 18.1 Å². The molecule has 0 radical (unpaired) electrons. The lowest BCUT2D eigenvalue weighted by Gasteiger charge is -2.21. The van der Waals surface area contributed by atoms with Crippen LogP contribution in [-0.2, 0) is 15.3 Å². The van der Waals surface area contributed by atoms with E-state index in [-0.39, 0.29) is 11.8 Å². The maximum absolute atomic E-state index is 13.4. The van der Waals surface area contributed by atoms with Crippen molar-refractivity contribution in [2.45, 2.75) is 5.75 Å². The van der Waals surface area contributed by atoms with Gasteiger partial charge in [-0.05, 0) is 29.8 Å². The molecule has 2 aromatic carbocycles. The molecule has 0 aliphatic carbocycles. The van der Waals surface area contributed by atoms with Crippen LogP contribution in [0.5, 0.6) is 11.5 Å². The summed E-state index contributed by atoms with van der Waals surface area (Å²) in [6, 6.07) is 18.0. The number of thioether (sulfide) groups is 1. The number of amides is 2. The van der Waals surface area contributed by atoms with E-state index in [0.29, 0.717) is 52.2 Å². The molecule has 0 fully saturated rings. The number of rotatable bonds is 5. The molecule has 1 aromatic heterocycles. The summed E-state index contributed by atoms with van der Waals surface area (Å²) in [5, 5.41) is 0. The van der Waals surface area contributed by atoms with Gasteiger partial charge >= 0.3 is 0 Å². The number of hydrogen-bond acceptors (Lipinski definition) is 6. The number of fused-ring (bicyclic) bond motifs is 1. The minimum absolute atomic E-state index is 0.355. The van der Waals surface area contributed by atoms with Gasteiger partial charge in [0.25, 0.3) is 11.8 Å². The van der Waals surface area contributed by atoms with Gasteiger partial charge in [0.05, 0.1) is 28.2 Å². The highest BCUT2D eigenvalue weighted by Crippen LogP contribution is 2.42. The molecule has 0 unspecified atom stereocenters. The van der Waals surface area contributed by atoms with E-state index in [9.17, 15) is 9.59 Å². The Kier molecular flexibility index (Phi) is 4.80. The molecule has 0 spiro atoms. The van der Waals surface area contributed by atoms with Crippen LogP contribution in [0.4, 0.5) is 5.69 Å². The molecule has 2 aliphatic rings. The van der Waals surface area contributed by atoms with Gasteiger partial charge in [0, 0.05) is 6.07 Å². The molecule has 0 N–H and O–H groups in total. The SMILES string of the molecule is O=C1C(SCc2ccco2)=C(c2ccccc2)C(=O)N1c1ccc2c(c1)OCCO2. The monoisotopic (exact) mass is 419 g/mol. The summed E-state index contributed by atoms with van der Waals surface area (Å²) in [5.41, 5.74) is 1.56. The molecule has 0 bridgehead atoms. The minimum atomic E-state index is -0.357. The van der Waals surface area contributed by atoms with Crippen LogP contribution in [0.25, 0.3) is 5.57 Å². The third kappa shape index (κ3) is 3.27. The number of imide groups is 1. The van der Waals surface area contributed by atoms with Gasteiger partial charge in [0.1, 0.15) is 19.0 Å². The first kappa shape index (κ1) is 18.6. The van der Waals surface area contributed by atoms with Crippen molar-refractivity contribution in [3.8, 4) is 11.5 Å². The normalized spacial score (nSPS) is 15.8. The highest BCUT2D eigenvalue weighted by Gasteiger charge is 2.40. The molecule has 3 aromatic rings. The van der Waals surface area contributed by atoms with E-state index in [1.807, 2.05) is 36.4 Å². The van der Waals surface area contributed by atoms with Crippen LogP contribution in [0.3, 0.4) is 0 Å². The Hall–Kier alpha value is -3.45. The fourth-order valence-electron chi connectivity index (χ4n) is 3.45. The fourth-order valence-corrected chi connectivity index (χ4v) is 4.46. The first-order valence-corrected chi connectivity index (χ1v) is 10.4. The number of furan rings is 1. The molecule has 5 rings (SSSR count). The van der Waals surface area contributed by atoms with Gasteiger partial charge < -0.3 is 13.9 Å². The number of anilines is 1. The molecule has 3 heterocycles. The molecule has 2 aliphatic heterocycles. The van der Waals surface area contributed by atoms with Gasteiger partial charge in [0.15, 0.2) is 11.5 Å². The number of nitrogens with zero attached hydrogens (tertiary/aromatic N) is 1. The number of carbonyl (C=O) groups is 2. The lowest BCUT2D eigenvalue weighted by molar-refractivity contribution is -0.119. The standard InChI is InChI=1S/C23H17NO5S/c25-22-20(15-5-2-1-3-6-15)21(30-14-17-7-4-10-27-17)23(26)24(22)16-8-9-18-19(13-16)29-12-11-28-18/h1-10,13H,11-12,14H2. The van der Waals surface area contributed by atoms with Gasteiger partial charge in [0.2, 0.25) is 0 Å². The zero-order valence-electron chi connectivity index (χ0n) is 15.9. The minimum Gasteiger partial charge on any atom is -0.486 e. The Bertz CT molecular complexity index is 1140. The largest absolute Gasteiger partial charge is 0.486 e. The molecule has 0 saturated carbocycles. The Labute approximate surface area is 177 Å². The second-order valence-corrected chi connectivity index (χ2v) is 7.70. The molecular weight excluding hydrogens is 402 g/mol. The average Bonchev–Trinajstić information content (AvgIpc) is 3.38. The lowest BCUT2D eigenvalue weighted by atomic mass is 10.1. The summed E-state index contributed by atoms with van der Waals surface area (Å²) in [6.45, 7) is 0.900. The molecule has 150 valence electrons. The van der Waals surface area contributed by atoms with Crippen LogP contribution in [0.15, 0.2) is 76.2 Å². The quantitative estimate of drug-likeness (QED) is 0.576. The van der Waals surface area contributed by atoms with Crippen molar-refractivity contribution in [1.29, 1.82) is 0 Å². The zero-order chi connectivity index (χ0) is 20.5. The van der Waals surface area contributed by atoms with Crippen molar-refractivity contribution in [3.05, 3.63) is 83.2 Å². The van der Waals surface area contributed by atoms with Crippen LogP contribution in [-0.4, -0.2) is 25.0 Å². The third-order valence-corrected chi connectivity index (χ3v) is 5.92. The second-order valence-electron chi connectivity index (χ2n) is 6.71. The van der Waals surface area contributed by atoms with E-state index < -0.39 is 0 Å². The summed E-state index contributed by atoms with van der Waals surface area (Å²) in [4.78, 5) is 28.3. The van der Waals surface area contributed by atoms with Crippen molar-refractivity contribution in [3.63, 3.8) is 0 Å². The van der Waals surface area contributed by atoms with Crippen LogP contribution in [0, 0.1) is 0 Å². The summed E-state index contributed by atoms with van der Waals surface area (Å²) in [6.07, 6.45) is 1.59. The van der Waals surface area contributed by atoms with Gasteiger partial charge in [-0.2, -0.15) is 0 Å². The van der Waals surface area contributed by atoms with E-state index in [1.54, 1.807) is 30.5 Å². The highest BCUT2D eigenvalue weighted by molar-refractivity contribution is 8.03. The first-order valence-electron chi connectivity index (χ1n) is 9.45. The average molecular weight is 419 g/mol.